The van der Waals surface area contributed by atoms with E-state index in [4.69, 9.17) is 4.74 Å². The number of amides is 2. The molecular weight excluding hydrogens is 466 g/mol. The Balaban J connectivity index is 2.25. The molecule has 7 heteroatoms. The number of rotatable bonds is 9. The zero-order chi connectivity index (χ0) is 27.9. The van der Waals surface area contributed by atoms with Crippen molar-refractivity contribution in [2.75, 3.05) is 27.2 Å². The Hall–Kier alpha value is -2.67. The number of nitrogens with one attached hydrogen (secondary N) is 1. The molecule has 2 rings (SSSR count). The maximum absolute atomic E-state index is 13.9. The summed E-state index contributed by atoms with van der Waals surface area (Å²) < 4.78 is 5.12. The second-order valence-electron chi connectivity index (χ2n) is 11.7. The van der Waals surface area contributed by atoms with Crippen molar-refractivity contribution in [3.8, 4) is 0 Å². The SMILES string of the molecule is CCOC(=O)/C(C)=C/[C@H](C(C)C)N(C)C(=O)[C@@H](NC(=O)[C@H]1C[C@@H](c2ccccc2)CCN1C)C(C)(C)C. The fourth-order valence-electron chi connectivity index (χ4n) is 4.98. The van der Waals surface area contributed by atoms with Gasteiger partial charge in [0.05, 0.1) is 18.7 Å². The van der Waals surface area contributed by atoms with E-state index >= 15 is 0 Å². The maximum atomic E-state index is 13.9. The van der Waals surface area contributed by atoms with E-state index in [0.29, 0.717) is 24.5 Å². The number of esters is 1. The molecule has 206 valence electrons. The number of ether oxygens (including phenoxy) is 1. The topological polar surface area (TPSA) is 79.0 Å². The zero-order valence-electron chi connectivity index (χ0n) is 24.2. The fraction of sp³-hybridized carbons (Fsp3) is 0.633. The molecule has 0 bridgehead atoms. The van der Waals surface area contributed by atoms with Crippen molar-refractivity contribution in [3.05, 3.63) is 47.5 Å². The number of nitrogens with zero attached hydrogens (tertiary/aromatic N) is 2. The van der Waals surface area contributed by atoms with Crippen LogP contribution in [0.1, 0.15) is 72.8 Å². The van der Waals surface area contributed by atoms with Gasteiger partial charge in [-0.25, -0.2) is 4.79 Å². The smallest absolute Gasteiger partial charge is 0.333 e. The molecule has 1 aromatic carbocycles. The standard InChI is InChI=1S/C30H47N3O4/c1-10-37-29(36)21(4)18-24(20(2)3)33(9)28(35)26(30(5,6)7)31-27(34)25-19-23(16-17-32(25)8)22-14-12-11-13-15-22/h11-15,18,20,23-26H,10,16-17,19H2,1-9H3,(H,31,34)/b21-18+/t23-,24+,25+,26+/m0/s1. The monoisotopic (exact) mass is 513 g/mol. The van der Waals surface area contributed by atoms with Crippen molar-refractivity contribution >= 4 is 17.8 Å². The summed E-state index contributed by atoms with van der Waals surface area (Å²) in [6, 6.07) is 8.98. The van der Waals surface area contributed by atoms with Gasteiger partial charge in [0, 0.05) is 12.6 Å². The third-order valence-corrected chi connectivity index (χ3v) is 7.34. The number of carbonyl (C=O) groups excluding carboxylic acids is 3. The highest BCUT2D eigenvalue weighted by Gasteiger charge is 2.40. The van der Waals surface area contributed by atoms with Crippen molar-refractivity contribution in [1.82, 2.24) is 15.1 Å². The van der Waals surface area contributed by atoms with Gasteiger partial charge in [0.25, 0.3) is 0 Å². The summed E-state index contributed by atoms with van der Waals surface area (Å²) in [5.41, 5.74) is 1.21. The summed E-state index contributed by atoms with van der Waals surface area (Å²) in [5, 5.41) is 3.12. The van der Waals surface area contributed by atoms with Gasteiger partial charge >= 0.3 is 5.97 Å². The van der Waals surface area contributed by atoms with Gasteiger partial charge in [0.2, 0.25) is 11.8 Å². The van der Waals surface area contributed by atoms with Crippen LogP contribution in [0.3, 0.4) is 0 Å². The summed E-state index contributed by atoms with van der Waals surface area (Å²) >= 11 is 0. The van der Waals surface area contributed by atoms with E-state index < -0.39 is 11.5 Å². The predicted octanol–water partition coefficient (Wildman–Crippen LogP) is 4.39. The molecule has 7 nitrogen and oxygen atoms in total. The minimum absolute atomic E-state index is 0.0609. The van der Waals surface area contributed by atoms with E-state index in [1.165, 1.54) is 5.56 Å². The molecule has 1 fully saturated rings. The highest BCUT2D eigenvalue weighted by atomic mass is 16.5. The van der Waals surface area contributed by atoms with Gasteiger partial charge in [0.1, 0.15) is 6.04 Å². The Kier molecular flexibility index (Phi) is 10.9. The number of benzene rings is 1. The lowest BCUT2D eigenvalue weighted by Gasteiger charge is -2.40. The Morgan fingerprint density at radius 3 is 2.35 bits per heavy atom. The highest BCUT2D eigenvalue weighted by molar-refractivity contribution is 5.91. The first-order valence-corrected chi connectivity index (χ1v) is 13.5. The second-order valence-corrected chi connectivity index (χ2v) is 11.7. The van der Waals surface area contributed by atoms with E-state index in [0.717, 1.165) is 13.0 Å². The molecule has 1 aliphatic heterocycles. The van der Waals surface area contributed by atoms with Crippen LogP contribution in [0.25, 0.3) is 0 Å². The van der Waals surface area contributed by atoms with E-state index in [9.17, 15) is 14.4 Å². The predicted molar refractivity (Wildman–Crippen MR) is 148 cm³/mol. The van der Waals surface area contributed by atoms with Crippen LogP contribution in [-0.2, 0) is 19.1 Å². The highest BCUT2D eigenvalue weighted by Crippen LogP contribution is 2.31. The Morgan fingerprint density at radius 2 is 1.81 bits per heavy atom. The molecular formula is C30H47N3O4. The lowest BCUT2D eigenvalue weighted by atomic mass is 9.83. The maximum Gasteiger partial charge on any atom is 0.333 e. The first kappa shape index (κ1) is 30.6. The lowest BCUT2D eigenvalue weighted by molar-refractivity contribution is -0.142. The van der Waals surface area contributed by atoms with Crippen molar-refractivity contribution in [1.29, 1.82) is 0 Å². The molecule has 1 aromatic rings. The minimum atomic E-state index is -0.715. The molecule has 0 radical (unpaired) electrons. The number of likely N-dealkylation sites (N-methyl/N-ethyl adjacent to an activating group) is 2. The van der Waals surface area contributed by atoms with Crippen molar-refractivity contribution in [3.63, 3.8) is 0 Å². The van der Waals surface area contributed by atoms with E-state index in [1.54, 1.807) is 31.9 Å². The number of carbonyl (C=O) groups is 3. The molecule has 1 N–H and O–H groups in total. The van der Waals surface area contributed by atoms with Crippen molar-refractivity contribution in [2.24, 2.45) is 11.3 Å². The Morgan fingerprint density at radius 1 is 1.19 bits per heavy atom. The molecule has 0 saturated carbocycles. The van der Waals surface area contributed by atoms with Crippen LogP contribution in [0.2, 0.25) is 0 Å². The van der Waals surface area contributed by atoms with Crippen LogP contribution in [-0.4, -0.2) is 73.0 Å². The Labute approximate surface area is 223 Å². The van der Waals surface area contributed by atoms with Crippen LogP contribution >= 0.6 is 0 Å². The zero-order valence-corrected chi connectivity index (χ0v) is 24.2. The van der Waals surface area contributed by atoms with Gasteiger partial charge in [0.15, 0.2) is 0 Å². The minimum Gasteiger partial charge on any atom is -0.463 e. The first-order chi connectivity index (χ1) is 17.3. The van der Waals surface area contributed by atoms with E-state index in [1.807, 2.05) is 59.9 Å². The number of hydrogen-bond donors (Lipinski definition) is 1. The molecule has 0 spiro atoms. The van der Waals surface area contributed by atoms with Gasteiger partial charge < -0.3 is 15.0 Å². The number of piperidine rings is 1. The first-order valence-electron chi connectivity index (χ1n) is 13.5. The largest absolute Gasteiger partial charge is 0.463 e. The lowest BCUT2D eigenvalue weighted by Crippen LogP contribution is -2.60. The molecule has 1 heterocycles. The van der Waals surface area contributed by atoms with Crippen LogP contribution < -0.4 is 5.32 Å². The van der Waals surface area contributed by atoms with Crippen molar-refractivity contribution in [2.45, 2.75) is 85.4 Å². The summed E-state index contributed by atoms with van der Waals surface area (Å²) in [6.45, 7) is 14.5. The molecule has 0 aliphatic carbocycles. The number of hydrogen-bond acceptors (Lipinski definition) is 5. The third-order valence-electron chi connectivity index (χ3n) is 7.34. The summed E-state index contributed by atoms with van der Waals surface area (Å²) in [7, 11) is 3.72. The summed E-state index contributed by atoms with van der Waals surface area (Å²) in [5.74, 6) is -0.315. The summed E-state index contributed by atoms with van der Waals surface area (Å²) in [6.07, 6.45) is 3.50. The fourth-order valence-corrected chi connectivity index (χ4v) is 4.98. The number of likely N-dealkylation sites (tertiary alicyclic amines) is 1. The average Bonchev–Trinajstić information content (AvgIpc) is 2.84. The molecule has 2 amide bonds. The van der Waals surface area contributed by atoms with E-state index in [2.05, 4.69) is 22.3 Å². The van der Waals surface area contributed by atoms with E-state index in [-0.39, 0.29) is 35.8 Å². The van der Waals surface area contributed by atoms with Crippen molar-refractivity contribution < 1.29 is 19.1 Å². The van der Waals surface area contributed by atoms with Gasteiger partial charge in [-0.15, -0.1) is 0 Å². The van der Waals surface area contributed by atoms with Crippen LogP contribution in [0.4, 0.5) is 0 Å². The van der Waals surface area contributed by atoms with Gasteiger partial charge in [-0.3, -0.25) is 14.5 Å². The summed E-state index contributed by atoms with van der Waals surface area (Å²) in [4.78, 5) is 43.4. The van der Waals surface area contributed by atoms with Gasteiger partial charge in [-0.1, -0.05) is 71.0 Å². The molecule has 4 atom stereocenters. The molecule has 0 unspecified atom stereocenters. The Bertz CT molecular complexity index is 951. The van der Waals surface area contributed by atoms with Gasteiger partial charge in [-0.05, 0) is 63.1 Å². The normalized spacial score (nSPS) is 20.8. The third kappa shape index (κ3) is 8.16. The average molecular weight is 514 g/mol. The van der Waals surface area contributed by atoms with Crippen LogP contribution in [0, 0.1) is 11.3 Å². The van der Waals surface area contributed by atoms with Crippen LogP contribution in [0.15, 0.2) is 42.0 Å². The molecule has 1 saturated heterocycles. The second kappa shape index (κ2) is 13.2. The molecule has 0 aromatic heterocycles. The van der Waals surface area contributed by atoms with Crippen LogP contribution in [0.5, 0.6) is 0 Å². The quantitative estimate of drug-likeness (QED) is 0.391. The molecule has 1 aliphatic rings. The molecule has 37 heavy (non-hydrogen) atoms. The van der Waals surface area contributed by atoms with Gasteiger partial charge in [-0.2, -0.15) is 0 Å².